The normalized spacial score (nSPS) is 13.4. The van der Waals surface area contributed by atoms with Gasteiger partial charge in [-0.15, -0.1) is 10.2 Å². The third-order valence-electron chi connectivity index (χ3n) is 4.31. The summed E-state index contributed by atoms with van der Waals surface area (Å²) in [6, 6.07) is 16.8. The van der Waals surface area contributed by atoms with Gasteiger partial charge in [0.2, 0.25) is 0 Å². The molecular formula is C19H18N4O2. The van der Waals surface area contributed by atoms with Crippen LogP contribution in [0.1, 0.15) is 22.0 Å². The predicted octanol–water partition coefficient (Wildman–Crippen LogP) is 3.03. The van der Waals surface area contributed by atoms with Gasteiger partial charge < -0.3 is 14.2 Å². The molecule has 0 spiro atoms. The molecule has 1 aliphatic rings. The molecule has 3 aromatic rings. The second kappa shape index (κ2) is 6.39. The fourth-order valence-electron chi connectivity index (χ4n) is 2.99. The van der Waals surface area contributed by atoms with Gasteiger partial charge in [0.1, 0.15) is 17.3 Å². The summed E-state index contributed by atoms with van der Waals surface area (Å²) in [4.78, 5) is 14.8. The Morgan fingerprint density at radius 1 is 1.00 bits per heavy atom. The highest BCUT2D eigenvalue weighted by atomic mass is 16.5. The van der Waals surface area contributed by atoms with Crippen molar-refractivity contribution in [3.05, 3.63) is 71.8 Å². The molecule has 6 heteroatoms. The summed E-state index contributed by atoms with van der Waals surface area (Å²) in [6.45, 7) is 3.72. The van der Waals surface area contributed by atoms with Crippen molar-refractivity contribution in [1.82, 2.24) is 19.7 Å². The van der Waals surface area contributed by atoms with Crippen LogP contribution in [0.15, 0.2) is 54.6 Å². The maximum absolute atomic E-state index is 13.0. The second-order valence-corrected chi connectivity index (χ2v) is 5.95. The molecule has 4 rings (SSSR count). The molecule has 0 atom stereocenters. The van der Waals surface area contributed by atoms with E-state index in [-0.39, 0.29) is 5.91 Å². The van der Waals surface area contributed by atoms with E-state index < -0.39 is 0 Å². The summed E-state index contributed by atoms with van der Waals surface area (Å²) in [5.74, 6) is 2.91. The van der Waals surface area contributed by atoms with Crippen LogP contribution >= 0.6 is 0 Å². The van der Waals surface area contributed by atoms with E-state index in [4.69, 9.17) is 4.74 Å². The van der Waals surface area contributed by atoms with Crippen LogP contribution in [0.2, 0.25) is 0 Å². The van der Waals surface area contributed by atoms with Crippen molar-refractivity contribution in [2.24, 2.45) is 0 Å². The van der Waals surface area contributed by atoms with Crippen molar-refractivity contribution in [2.75, 3.05) is 6.54 Å². The molecule has 0 bridgehead atoms. The Labute approximate surface area is 145 Å². The standard InChI is InChI=1S/C19H18N4O2/c1-14-20-21-18-13-22(11-12-23(14)18)19(24)16-9-5-6-10-17(16)25-15-7-3-2-4-8-15/h2-10H,11-13H2,1H3. The molecule has 0 radical (unpaired) electrons. The highest BCUT2D eigenvalue weighted by molar-refractivity contribution is 5.97. The first-order chi connectivity index (χ1) is 12.2. The number of amides is 1. The molecule has 0 saturated heterocycles. The first-order valence-corrected chi connectivity index (χ1v) is 8.22. The van der Waals surface area contributed by atoms with Gasteiger partial charge in [-0.1, -0.05) is 30.3 Å². The molecule has 2 aromatic carbocycles. The Balaban J connectivity index is 1.59. The van der Waals surface area contributed by atoms with Gasteiger partial charge in [-0.05, 0) is 31.2 Å². The molecule has 1 aliphatic heterocycles. The molecule has 0 fully saturated rings. The molecule has 0 saturated carbocycles. The van der Waals surface area contributed by atoms with Gasteiger partial charge in [-0.3, -0.25) is 4.79 Å². The highest BCUT2D eigenvalue weighted by Gasteiger charge is 2.26. The van der Waals surface area contributed by atoms with E-state index >= 15 is 0 Å². The van der Waals surface area contributed by atoms with Gasteiger partial charge in [0, 0.05) is 13.1 Å². The highest BCUT2D eigenvalue weighted by Crippen LogP contribution is 2.27. The number of rotatable bonds is 3. The van der Waals surface area contributed by atoms with E-state index in [1.54, 1.807) is 11.0 Å². The minimum atomic E-state index is -0.0570. The van der Waals surface area contributed by atoms with Crippen LogP contribution in [0.4, 0.5) is 0 Å². The van der Waals surface area contributed by atoms with Crippen molar-refractivity contribution in [1.29, 1.82) is 0 Å². The lowest BCUT2D eigenvalue weighted by atomic mass is 10.1. The predicted molar refractivity (Wildman–Crippen MR) is 92.5 cm³/mol. The van der Waals surface area contributed by atoms with Crippen LogP contribution in [0, 0.1) is 6.92 Å². The van der Waals surface area contributed by atoms with E-state index in [1.165, 1.54) is 0 Å². The SMILES string of the molecule is Cc1nnc2n1CCN(C(=O)c1ccccc1Oc1ccccc1)C2. The summed E-state index contributed by atoms with van der Waals surface area (Å²) >= 11 is 0. The first kappa shape index (κ1) is 15.4. The van der Waals surface area contributed by atoms with Crippen LogP contribution in [-0.2, 0) is 13.1 Å². The molecule has 6 nitrogen and oxygen atoms in total. The summed E-state index contributed by atoms with van der Waals surface area (Å²) in [5, 5.41) is 8.25. The summed E-state index contributed by atoms with van der Waals surface area (Å²) in [7, 11) is 0. The van der Waals surface area contributed by atoms with E-state index in [0.29, 0.717) is 36.7 Å². The summed E-state index contributed by atoms with van der Waals surface area (Å²) in [6.07, 6.45) is 0. The number of carbonyl (C=O) groups excluding carboxylic acids is 1. The maximum Gasteiger partial charge on any atom is 0.258 e. The Morgan fingerprint density at radius 3 is 2.60 bits per heavy atom. The minimum absolute atomic E-state index is 0.0570. The smallest absolute Gasteiger partial charge is 0.258 e. The number of aryl methyl sites for hydroxylation is 1. The minimum Gasteiger partial charge on any atom is -0.457 e. The second-order valence-electron chi connectivity index (χ2n) is 5.95. The molecule has 0 aliphatic carbocycles. The third kappa shape index (κ3) is 2.98. The first-order valence-electron chi connectivity index (χ1n) is 8.22. The van der Waals surface area contributed by atoms with Crippen molar-refractivity contribution < 1.29 is 9.53 Å². The molecule has 25 heavy (non-hydrogen) atoms. The van der Waals surface area contributed by atoms with E-state index in [2.05, 4.69) is 14.8 Å². The van der Waals surface area contributed by atoms with E-state index in [0.717, 1.165) is 11.6 Å². The number of fused-ring (bicyclic) bond motifs is 1. The van der Waals surface area contributed by atoms with E-state index in [9.17, 15) is 4.79 Å². The number of hydrogen-bond donors (Lipinski definition) is 0. The van der Waals surface area contributed by atoms with Crippen LogP contribution < -0.4 is 4.74 Å². The van der Waals surface area contributed by atoms with Crippen LogP contribution in [0.25, 0.3) is 0 Å². The molecule has 126 valence electrons. The topological polar surface area (TPSA) is 60.2 Å². The molecule has 2 heterocycles. The van der Waals surface area contributed by atoms with Crippen LogP contribution in [0.5, 0.6) is 11.5 Å². The zero-order valence-electron chi connectivity index (χ0n) is 13.9. The van der Waals surface area contributed by atoms with Gasteiger partial charge in [0.05, 0.1) is 12.1 Å². The van der Waals surface area contributed by atoms with Crippen molar-refractivity contribution in [2.45, 2.75) is 20.0 Å². The zero-order valence-corrected chi connectivity index (χ0v) is 13.9. The third-order valence-corrected chi connectivity index (χ3v) is 4.31. The summed E-state index contributed by atoms with van der Waals surface area (Å²) in [5.41, 5.74) is 0.552. The summed E-state index contributed by atoms with van der Waals surface area (Å²) < 4.78 is 7.97. The number of para-hydroxylation sites is 2. The lowest BCUT2D eigenvalue weighted by Crippen LogP contribution is -2.38. The number of hydrogen-bond acceptors (Lipinski definition) is 4. The lowest BCUT2D eigenvalue weighted by Gasteiger charge is -2.28. The average Bonchev–Trinajstić information content (AvgIpc) is 3.03. The van der Waals surface area contributed by atoms with Crippen LogP contribution in [0.3, 0.4) is 0 Å². The number of ether oxygens (including phenoxy) is 1. The number of benzene rings is 2. The fraction of sp³-hybridized carbons (Fsp3) is 0.211. The Kier molecular flexibility index (Phi) is 3.93. The van der Waals surface area contributed by atoms with Crippen molar-refractivity contribution in [3.63, 3.8) is 0 Å². The van der Waals surface area contributed by atoms with Gasteiger partial charge in [0.15, 0.2) is 5.82 Å². The number of carbonyl (C=O) groups is 1. The molecule has 0 unspecified atom stereocenters. The quantitative estimate of drug-likeness (QED) is 0.739. The lowest BCUT2D eigenvalue weighted by molar-refractivity contribution is 0.0704. The molecular weight excluding hydrogens is 316 g/mol. The van der Waals surface area contributed by atoms with Crippen molar-refractivity contribution in [3.8, 4) is 11.5 Å². The van der Waals surface area contributed by atoms with E-state index in [1.807, 2.05) is 55.5 Å². The van der Waals surface area contributed by atoms with Crippen molar-refractivity contribution >= 4 is 5.91 Å². The monoisotopic (exact) mass is 334 g/mol. The van der Waals surface area contributed by atoms with Gasteiger partial charge in [-0.25, -0.2) is 0 Å². The molecule has 0 N–H and O–H groups in total. The molecule has 1 amide bonds. The Bertz CT molecular complexity index is 905. The number of aromatic nitrogens is 3. The number of nitrogens with zero attached hydrogens (tertiary/aromatic N) is 4. The maximum atomic E-state index is 13.0. The Morgan fingerprint density at radius 2 is 1.76 bits per heavy atom. The average molecular weight is 334 g/mol. The van der Waals surface area contributed by atoms with Crippen LogP contribution in [-0.4, -0.2) is 32.1 Å². The fourth-order valence-corrected chi connectivity index (χ4v) is 2.99. The Hall–Kier alpha value is -3.15. The van der Waals surface area contributed by atoms with Gasteiger partial charge in [-0.2, -0.15) is 0 Å². The van der Waals surface area contributed by atoms with Gasteiger partial charge >= 0.3 is 0 Å². The zero-order chi connectivity index (χ0) is 17.2. The van der Waals surface area contributed by atoms with Gasteiger partial charge in [0.25, 0.3) is 5.91 Å². The molecule has 1 aromatic heterocycles. The largest absolute Gasteiger partial charge is 0.457 e.